The van der Waals surface area contributed by atoms with Crippen LogP contribution in [0.2, 0.25) is 0 Å². The van der Waals surface area contributed by atoms with Crippen LogP contribution >= 0.6 is 0 Å². The molecule has 0 fully saturated rings. The van der Waals surface area contributed by atoms with Crippen LogP contribution in [0.5, 0.6) is 0 Å². The summed E-state index contributed by atoms with van der Waals surface area (Å²) in [5, 5.41) is 17.8. The molecule has 0 amide bonds. The van der Waals surface area contributed by atoms with Crippen molar-refractivity contribution in [1.82, 2.24) is 0 Å². The van der Waals surface area contributed by atoms with Crippen LogP contribution in [0, 0.1) is 11.8 Å². The first-order chi connectivity index (χ1) is 24.0. The Kier molecular flexibility index (Phi) is 13.0. The summed E-state index contributed by atoms with van der Waals surface area (Å²) in [6.45, 7) is 13.4. The van der Waals surface area contributed by atoms with E-state index in [1.807, 2.05) is 20.8 Å². The van der Waals surface area contributed by atoms with Gasteiger partial charge >= 0.3 is 11.9 Å². The van der Waals surface area contributed by atoms with Crippen LogP contribution in [0.4, 0.5) is 0 Å². The van der Waals surface area contributed by atoms with Crippen LogP contribution in [-0.4, -0.2) is 81.3 Å². The van der Waals surface area contributed by atoms with Gasteiger partial charge in [0.15, 0.2) is 34.7 Å². The van der Waals surface area contributed by atoms with Crippen molar-refractivity contribution in [3.63, 3.8) is 0 Å². The summed E-state index contributed by atoms with van der Waals surface area (Å²) in [5.41, 5.74) is 0.816. The topological polar surface area (TPSA) is 195 Å². The first kappa shape index (κ1) is 41.2. The lowest BCUT2D eigenvalue weighted by molar-refractivity contribution is -0.163. The van der Waals surface area contributed by atoms with E-state index in [4.69, 9.17) is 19.7 Å². The first-order valence-electron chi connectivity index (χ1n) is 16.6. The number of carboxylic acids is 1. The zero-order valence-electron chi connectivity index (χ0n) is 30.6. The fourth-order valence-corrected chi connectivity index (χ4v) is 5.20. The van der Waals surface area contributed by atoms with Crippen molar-refractivity contribution in [3.8, 4) is 0 Å². The van der Waals surface area contributed by atoms with Crippen molar-refractivity contribution < 1.29 is 58.0 Å². The monoisotopic (exact) mass is 716 g/mol. The van der Waals surface area contributed by atoms with Crippen molar-refractivity contribution in [1.29, 1.82) is 0 Å². The zero-order chi connectivity index (χ0) is 39.3. The Morgan fingerprint density at radius 2 is 1.08 bits per heavy atom. The third-order valence-corrected chi connectivity index (χ3v) is 8.01. The molecule has 0 bridgehead atoms. The highest BCUT2D eigenvalue weighted by molar-refractivity contribution is 6.25. The highest BCUT2D eigenvalue weighted by Gasteiger charge is 2.31. The van der Waals surface area contributed by atoms with Crippen LogP contribution in [0.3, 0.4) is 0 Å². The Morgan fingerprint density at radius 1 is 0.654 bits per heavy atom. The average Bonchev–Trinajstić information content (AvgIpc) is 3.05. The molecule has 0 saturated carbocycles. The van der Waals surface area contributed by atoms with Crippen LogP contribution < -0.4 is 0 Å². The van der Waals surface area contributed by atoms with E-state index in [9.17, 15) is 38.4 Å². The first-order valence-corrected chi connectivity index (χ1v) is 16.6. The molecule has 4 rings (SSSR count). The molecular formula is C40H44O12. The van der Waals surface area contributed by atoms with Gasteiger partial charge in [0.05, 0.1) is 30.7 Å². The van der Waals surface area contributed by atoms with Gasteiger partial charge in [-0.2, -0.15) is 0 Å². The number of aliphatic carboxylic acids is 1. The SMILES string of the molecule is CC1=CC(=O)c2cc(C(=O)C[C@@H](CO)C(=O)O)ccc2C1=O.CC1=CC(=O)c2cc(C(=O)C[C@@H](COC(C)(C)C)C(=O)OC(C)(C)C)ccc2C1=O. The fraction of sp³-hybridized carbons (Fsp3) is 0.400. The number of aliphatic hydroxyl groups excluding tert-OH is 1. The molecule has 2 aromatic carbocycles. The number of ketones is 6. The minimum Gasteiger partial charge on any atom is -0.481 e. The smallest absolute Gasteiger partial charge is 0.312 e. The molecule has 2 N–H and O–H groups in total. The molecule has 2 aromatic rings. The normalized spacial score (nSPS) is 15.2. The van der Waals surface area contributed by atoms with E-state index in [2.05, 4.69) is 0 Å². The lowest BCUT2D eigenvalue weighted by Crippen LogP contribution is -2.34. The van der Waals surface area contributed by atoms with Crippen LogP contribution in [-0.2, 0) is 19.1 Å². The van der Waals surface area contributed by atoms with E-state index in [1.54, 1.807) is 34.6 Å². The van der Waals surface area contributed by atoms with Gasteiger partial charge in [0.25, 0.3) is 0 Å². The minimum atomic E-state index is -1.27. The van der Waals surface area contributed by atoms with E-state index in [1.165, 1.54) is 48.6 Å². The lowest BCUT2D eigenvalue weighted by Gasteiger charge is -2.26. The van der Waals surface area contributed by atoms with Crippen LogP contribution in [0.25, 0.3) is 0 Å². The van der Waals surface area contributed by atoms with E-state index in [0.29, 0.717) is 11.1 Å². The summed E-state index contributed by atoms with van der Waals surface area (Å²) in [7, 11) is 0. The number of benzene rings is 2. The number of carbonyl (C=O) groups excluding carboxylic acids is 7. The molecule has 0 saturated heterocycles. The average molecular weight is 717 g/mol. The Morgan fingerprint density at radius 3 is 1.44 bits per heavy atom. The largest absolute Gasteiger partial charge is 0.481 e. The highest BCUT2D eigenvalue weighted by atomic mass is 16.6. The molecule has 12 nitrogen and oxygen atoms in total. The second-order valence-corrected chi connectivity index (χ2v) is 14.7. The van der Waals surface area contributed by atoms with Crippen LogP contribution in [0.1, 0.15) is 130 Å². The Labute approximate surface area is 301 Å². The second kappa shape index (κ2) is 16.4. The van der Waals surface area contributed by atoms with Crippen molar-refractivity contribution in [2.24, 2.45) is 11.8 Å². The predicted molar refractivity (Wildman–Crippen MR) is 189 cm³/mol. The predicted octanol–water partition coefficient (Wildman–Crippen LogP) is 5.64. The van der Waals surface area contributed by atoms with E-state index in [0.717, 1.165) is 0 Å². The lowest BCUT2D eigenvalue weighted by atomic mass is 9.87. The van der Waals surface area contributed by atoms with Gasteiger partial charge in [-0.1, -0.05) is 12.1 Å². The summed E-state index contributed by atoms with van der Waals surface area (Å²) >= 11 is 0. The Balaban J connectivity index is 0.000000294. The van der Waals surface area contributed by atoms with Crippen molar-refractivity contribution in [2.75, 3.05) is 13.2 Å². The number of ether oxygens (including phenoxy) is 2. The standard InChI is InChI=1S/C24H30O6.C16H14O6/c1-14-10-20(26)18-11-15(8-9-17(18)21(14)27)19(25)12-16(13-29-23(2,3)4)22(28)30-24(5,6)7;1-8-4-14(19)12-5-9(2-3-11(12)15(8)20)13(18)6-10(7-17)16(21)22/h8-11,16H,12-13H2,1-7H3;2-5,10,17H,6-7H2,1H3,(H,21,22)/t16-;10-/m00/s1. The highest BCUT2D eigenvalue weighted by Crippen LogP contribution is 2.26. The third-order valence-electron chi connectivity index (χ3n) is 8.01. The summed E-state index contributed by atoms with van der Waals surface area (Å²) in [6.07, 6.45) is 1.99. The molecule has 2 aliphatic rings. The number of esters is 1. The summed E-state index contributed by atoms with van der Waals surface area (Å²) < 4.78 is 11.2. The summed E-state index contributed by atoms with van der Waals surface area (Å²) in [4.78, 5) is 96.9. The van der Waals surface area contributed by atoms with Crippen LogP contribution in [0.15, 0.2) is 59.7 Å². The van der Waals surface area contributed by atoms with Gasteiger partial charge in [-0.3, -0.25) is 38.4 Å². The summed E-state index contributed by atoms with van der Waals surface area (Å²) in [5.74, 6) is -5.75. The van der Waals surface area contributed by atoms with Gasteiger partial charge in [0.2, 0.25) is 0 Å². The molecule has 0 radical (unpaired) electrons. The quantitative estimate of drug-likeness (QED) is 0.215. The second-order valence-electron chi connectivity index (χ2n) is 14.7. The molecule has 2 aliphatic carbocycles. The van der Waals surface area contributed by atoms with Crippen molar-refractivity contribution in [3.05, 3.63) is 93.1 Å². The maximum absolute atomic E-state index is 12.9. The number of hydrogen-bond donors (Lipinski definition) is 2. The van der Waals surface area contributed by atoms with Gasteiger partial charge in [-0.05, 0) is 91.8 Å². The number of carbonyl (C=O) groups is 8. The van der Waals surface area contributed by atoms with E-state index < -0.39 is 47.4 Å². The van der Waals surface area contributed by atoms with E-state index in [-0.39, 0.29) is 81.7 Å². The molecule has 0 aliphatic heterocycles. The summed E-state index contributed by atoms with van der Waals surface area (Å²) in [6, 6.07) is 8.53. The van der Waals surface area contributed by atoms with Gasteiger partial charge in [0, 0.05) is 57.4 Å². The molecule has 52 heavy (non-hydrogen) atoms. The maximum Gasteiger partial charge on any atom is 0.312 e. The Bertz CT molecular complexity index is 1900. The van der Waals surface area contributed by atoms with Gasteiger partial charge in [-0.15, -0.1) is 0 Å². The number of hydrogen-bond acceptors (Lipinski definition) is 11. The van der Waals surface area contributed by atoms with Gasteiger partial charge in [-0.25, -0.2) is 0 Å². The minimum absolute atomic E-state index is 0.0362. The molecular weight excluding hydrogens is 672 g/mol. The Hall–Kier alpha value is -5.20. The van der Waals surface area contributed by atoms with Gasteiger partial charge in [0.1, 0.15) is 5.60 Å². The number of allylic oxidation sites excluding steroid dienone is 4. The molecule has 0 aromatic heterocycles. The molecule has 2 atom stereocenters. The number of fused-ring (bicyclic) bond motifs is 2. The maximum atomic E-state index is 12.9. The third kappa shape index (κ3) is 10.7. The van der Waals surface area contributed by atoms with E-state index >= 15 is 0 Å². The number of carboxylic acid groups (broad SMARTS) is 1. The fourth-order valence-electron chi connectivity index (χ4n) is 5.20. The molecule has 0 heterocycles. The van der Waals surface area contributed by atoms with Crippen molar-refractivity contribution in [2.45, 2.75) is 79.4 Å². The van der Waals surface area contributed by atoms with Gasteiger partial charge < -0.3 is 19.7 Å². The van der Waals surface area contributed by atoms with Crippen molar-refractivity contribution >= 4 is 46.6 Å². The zero-order valence-corrected chi connectivity index (χ0v) is 30.6. The molecule has 12 heteroatoms. The molecule has 0 unspecified atom stereocenters. The molecule has 276 valence electrons. The number of rotatable bonds is 11. The number of aliphatic hydroxyl groups is 1. The number of Topliss-reactive ketones (excluding diaryl/α,β-unsaturated/α-hetero) is 4. The molecule has 0 spiro atoms.